The summed E-state index contributed by atoms with van der Waals surface area (Å²) in [7, 11) is 0. The highest BCUT2D eigenvalue weighted by molar-refractivity contribution is 5.54. The van der Waals surface area contributed by atoms with Crippen molar-refractivity contribution in [1.29, 1.82) is 0 Å². The molecule has 1 aromatic carbocycles. The molecule has 0 amide bonds. The van der Waals surface area contributed by atoms with Gasteiger partial charge in [-0.05, 0) is 62.1 Å². The molecule has 0 spiro atoms. The van der Waals surface area contributed by atoms with Gasteiger partial charge in [0, 0.05) is 11.7 Å². The average molecular weight is 259 g/mol. The van der Waals surface area contributed by atoms with Crippen LogP contribution in [0.3, 0.4) is 0 Å². The summed E-state index contributed by atoms with van der Waals surface area (Å²) in [4.78, 5) is 0. The number of nitrogens with one attached hydrogen (secondary N) is 1. The first-order valence-electron chi connectivity index (χ1n) is 7.89. The van der Waals surface area contributed by atoms with Crippen LogP contribution < -0.4 is 5.32 Å². The summed E-state index contributed by atoms with van der Waals surface area (Å²) in [6.45, 7) is 9.12. The van der Waals surface area contributed by atoms with Crippen LogP contribution in [0.25, 0.3) is 0 Å². The third-order valence-electron chi connectivity index (χ3n) is 4.55. The van der Waals surface area contributed by atoms with Gasteiger partial charge in [-0.25, -0.2) is 0 Å². The van der Waals surface area contributed by atoms with Gasteiger partial charge >= 0.3 is 0 Å². The molecule has 1 N–H and O–H groups in total. The molecule has 2 rings (SSSR count). The van der Waals surface area contributed by atoms with Crippen molar-refractivity contribution in [3.63, 3.8) is 0 Å². The Balaban J connectivity index is 1.97. The first kappa shape index (κ1) is 14.4. The van der Waals surface area contributed by atoms with Gasteiger partial charge in [0.1, 0.15) is 0 Å². The van der Waals surface area contributed by atoms with Crippen LogP contribution in [0.4, 0.5) is 5.69 Å². The van der Waals surface area contributed by atoms with Crippen molar-refractivity contribution in [1.82, 2.24) is 0 Å². The average Bonchev–Trinajstić information content (AvgIpc) is 2.35. The van der Waals surface area contributed by atoms with Gasteiger partial charge in [-0.15, -0.1) is 0 Å². The van der Waals surface area contributed by atoms with Crippen LogP contribution in [0.1, 0.15) is 57.1 Å². The van der Waals surface area contributed by atoms with E-state index in [1.807, 2.05) is 0 Å². The van der Waals surface area contributed by atoms with Crippen LogP contribution in [0.15, 0.2) is 18.2 Å². The first-order chi connectivity index (χ1) is 9.06. The van der Waals surface area contributed by atoms with E-state index in [0.29, 0.717) is 6.04 Å². The maximum atomic E-state index is 3.79. The summed E-state index contributed by atoms with van der Waals surface area (Å²) in [5, 5.41) is 3.79. The Morgan fingerprint density at radius 2 is 2.00 bits per heavy atom. The predicted octanol–water partition coefficient (Wildman–Crippen LogP) is 5.32. The fourth-order valence-electron chi connectivity index (χ4n) is 3.43. The summed E-state index contributed by atoms with van der Waals surface area (Å²) in [5.41, 5.74) is 4.14. The van der Waals surface area contributed by atoms with Crippen molar-refractivity contribution >= 4 is 5.69 Å². The van der Waals surface area contributed by atoms with Crippen molar-refractivity contribution in [3.8, 4) is 0 Å². The zero-order valence-electron chi connectivity index (χ0n) is 13.0. The minimum atomic E-state index is 0.679. The molecule has 0 aliphatic heterocycles. The van der Waals surface area contributed by atoms with E-state index in [9.17, 15) is 0 Å². The maximum Gasteiger partial charge on any atom is 0.0374 e. The van der Waals surface area contributed by atoms with Crippen LogP contribution in [-0.4, -0.2) is 6.04 Å². The fraction of sp³-hybridized carbons (Fsp3) is 0.667. The number of hydrogen-bond acceptors (Lipinski definition) is 1. The second-order valence-electron chi connectivity index (χ2n) is 6.75. The number of rotatable bonds is 4. The zero-order valence-corrected chi connectivity index (χ0v) is 13.0. The van der Waals surface area contributed by atoms with Gasteiger partial charge in [-0.1, -0.05) is 38.8 Å². The lowest BCUT2D eigenvalue weighted by atomic mass is 9.81. The second kappa shape index (κ2) is 6.45. The molecule has 19 heavy (non-hydrogen) atoms. The minimum Gasteiger partial charge on any atom is -0.382 e. The number of hydrogen-bond donors (Lipinski definition) is 1. The largest absolute Gasteiger partial charge is 0.382 e. The quantitative estimate of drug-likeness (QED) is 0.771. The van der Waals surface area contributed by atoms with Gasteiger partial charge in [-0.2, -0.15) is 0 Å². The highest BCUT2D eigenvalue weighted by atomic mass is 14.9. The van der Waals surface area contributed by atoms with Gasteiger partial charge in [-0.3, -0.25) is 0 Å². The van der Waals surface area contributed by atoms with Crippen molar-refractivity contribution in [2.75, 3.05) is 5.32 Å². The molecular weight excluding hydrogens is 230 g/mol. The van der Waals surface area contributed by atoms with Crippen LogP contribution in [0, 0.1) is 25.7 Å². The van der Waals surface area contributed by atoms with Crippen molar-refractivity contribution in [2.45, 2.75) is 65.8 Å². The Morgan fingerprint density at radius 3 is 2.74 bits per heavy atom. The van der Waals surface area contributed by atoms with Crippen LogP contribution in [0.2, 0.25) is 0 Å². The molecule has 0 aromatic heterocycles. The van der Waals surface area contributed by atoms with Gasteiger partial charge in [0.05, 0.1) is 0 Å². The predicted molar refractivity (Wildman–Crippen MR) is 84.7 cm³/mol. The zero-order chi connectivity index (χ0) is 13.8. The van der Waals surface area contributed by atoms with Gasteiger partial charge in [0.25, 0.3) is 0 Å². The minimum absolute atomic E-state index is 0.679. The second-order valence-corrected chi connectivity index (χ2v) is 6.75. The number of aryl methyl sites for hydroxylation is 1. The lowest BCUT2D eigenvalue weighted by Gasteiger charge is -2.32. The van der Waals surface area contributed by atoms with Gasteiger partial charge < -0.3 is 5.32 Å². The normalized spacial score (nSPS) is 23.6. The molecule has 1 aliphatic carbocycles. The molecule has 1 aliphatic rings. The van der Waals surface area contributed by atoms with Crippen molar-refractivity contribution < 1.29 is 0 Å². The summed E-state index contributed by atoms with van der Waals surface area (Å²) in [5.74, 6) is 1.76. The van der Waals surface area contributed by atoms with Crippen molar-refractivity contribution in [3.05, 3.63) is 29.3 Å². The molecule has 1 nitrogen and oxygen atoms in total. The Hall–Kier alpha value is -0.980. The monoisotopic (exact) mass is 259 g/mol. The summed E-state index contributed by atoms with van der Waals surface area (Å²) < 4.78 is 0. The van der Waals surface area contributed by atoms with Crippen LogP contribution in [-0.2, 0) is 0 Å². The molecule has 1 saturated carbocycles. The standard InChI is InChI=1S/C18H29N/c1-13(2)11-16-8-6-9-17(12-16)19-18-10-5-7-14(3)15(18)4/h5,7,10,13,16-17,19H,6,8-9,11-12H2,1-4H3. The fourth-order valence-corrected chi connectivity index (χ4v) is 3.43. The molecular formula is C18H29N. The van der Waals surface area contributed by atoms with E-state index < -0.39 is 0 Å². The summed E-state index contributed by atoms with van der Waals surface area (Å²) >= 11 is 0. The first-order valence-corrected chi connectivity index (χ1v) is 7.89. The lowest BCUT2D eigenvalue weighted by Crippen LogP contribution is -2.28. The third-order valence-corrected chi connectivity index (χ3v) is 4.55. The van der Waals surface area contributed by atoms with Gasteiger partial charge in [0.15, 0.2) is 0 Å². The molecule has 106 valence electrons. The Labute approximate surface area is 118 Å². The molecule has 0 radical (unpaired) electrons. The van der Waals surface area contributed by atoms with Gasteiger partial charge in [0.2, 0.25) is 0 Å². The van der Waals surface area contributed by atoms with Crippen LogP contribution in [0.5, 0.6) is 0 Å². The highest BCUT2D eigenvalue weighted by Crippen LogP contribution is 2.31. The van der Waals surface area contributed by atoms with Crippen LogP contribution >= 0.6 is 0 Å². The number of benzene rings is 1. The van der Waals surface area contributed by atoms with E-state index in [1.165, 1.54) is 48.9 Å². The SMILES string of the molecule is Cc1cccc(NC2CCCC(CC(C)C)C2)c1C. The molecule has 2 atom stereocenters. The van der Waals surface area contributed by atoms with E-state index in [2.05, 4.69) is 51.2 Å². The van der Waals surface area contributed by atoms with E-state index in [-0.39, 0.29) is 0 Å². The Bertz CT molecular complexity index is 408. The van der Waals surface area contributed by atoms with E-state index in [1.54, 1.807) is 0 Å². The highest BCUT2D eigenvalue weighted by Gasteiger charge is 2.22. The number of anilines is 1. The Morgan fingerprint density at radius 1 is 1.21 bits per heavy atom. The molecule has 2 unspecified atom stereocenters. The van der Waals surface area contributed by atoms with E-state index in [0.717, 1.165) is 11.8 Å². The summed E-state index contributed by atoms with van der Waals surface area (Å²) in [6, 6.07) is 7.27. The lowest BCUT2D eigenvalue weighted by molar-refractivity contribution is 0.289. The van der Waals surface area contributed by atoms with E-state index >= 15 is 0 Å². The summed E-state index contributed by atoms with van der Waals surface area (Å²) in [6.07, 6.45) is 6.90. The Kier molecular flexibility index (Phi) is 4.90. The molecule has 0 bridgehead atoms. The molecule has 1 heteroatoms. The molecule has 1 fully saturated rings. The maximum absolute atomic E-state index is 3.79. The molecule has 1 aromatic rings. The van der Waals surface area contributed by atoms with Crippen molar-refractivity contribution in [2.24, 2.45) is 11.8 Å². The van der Waals surface area contributed by atoms with E-state index in [4.69, 9.17) is 0 Å². The third kappa shape index (κ3) is 3.99. The molecule has 0 heterocycles. The molecule has 0 saturated heterocycles. The smallest absolute Gasteiger partial charge is 0.0374 e. The topological polar surface area (TPSA) is 12.0 Å².